The monoisotopic (exact) mass is 453 g/mol. The van der Waals surface area contributed by atoms with Gasteiger partial charge in [-0.25, -0.2) is 4.98 Å². The Morgan fingerprint density at radius 3 is 2.71 bits per heavy atom. The number of fused-ring (bicyclic) bond motifs is 4. The normalized spacial score (nSPS) is 25.3. The van der Waals surface area contributed by atoms with Crippen molar-refractivity contribution in [3.05, 3.63) is 94.2 Å². The minimum Gasteiger partial charge on any atom is -0.473 e. The van der Waals surface area contributed by atoms with Gasteiger partial charge in [0.1, 0.15) is 6.61 Å². The van der Waals surface area contributed by atoms with Crippen LogP contribution in [0.1, 0.15) is 72.4 Å². The zero-order valence-electron chi connectivity index (χ0n) is 20.1. The highest BCUT2D eigenvalue weighted by Crippen LogP contribution is 2.61. The molecule has 1 aromatic heterocycles. The largest absolute Gasteiger partial charge is 0.473 e. The molecular weight excluding hydrogens is 422 g/mol. The molecule has 0 radical (unpaired) electrons. The molecule has 0 amide bonds. The topological polar surface area (TPSA) is 48.4 Å². The molecular formula is C30H31NO3. The van der Waals surface area contributed by atoms with Crippen molar-refractivity contribution >= 4 is 5.97 Å². The molecule has 4 atom stereocenters. The van der Waals surface area contributed by atoms with Crippen LogP contribution in [0, 0.1) is 11.8 Å². The van der Waals surface area contributed by atoms with Crippen LogP contribution in [0.3, 0.4) is 0 Å². The van der Waals surface area contributed by atoms with Crippen molar-refractivity contribution in [2.75, 3.05) is 6.61 Å². The average molecular weight is 454 g/mol. The van der Waals surface area contributed by atoms with E-state index in [4.69, 9.17) is 9.47 Å². The molecule has 0 aliphatic heterocycles. The Bertz CT molecular complexity index is 1250. The van der Waals surface area contributed by atoms with Crippen molar-refractivity contribution in [2.24, 2.45) is 11.8 Å². The first kappa shape index (κ1) is 21.4. The first-order valence-electron chi connectivity index (χ1n) is 12.4. The number of hydrogen-bond donors (Lipinski definition) is 0. The van der Waals surface area contributed by atoms with E-state index in [-0.39, 0.29) is 23.2 Å². The van der Waals surface area contributed by atoms with E-state index >= 15 is 0 Å². The lowest BCUT2D eigenvalue weighted by Crippen LogP contribution is -2.12. The third-order valence-corrected chi connectivity index (χ3v) is 8.07. The molecule has 0 bridgehead atoms. The van der Waals surface area contributed by atoms with Crippen molar-refractivity contribution < 1.29 is 14.3 Å². The molecule has 4 nitrogen and oxygen atoms in total. The highest BCUT2D eigenvalue weighted by molar-refractivity contribution is 5.79. The summed E-state index contributed by atoms with van der Waals surface area (Å²) >= 11 is 0. The van der Waals surface area contributed by atoms with Gasteiger partial charge in [-0.15, -0.1) is 0 Å². The summed E-state index contributed by atoms with van der Waals surface area (Å²) in [6, 6.07) is 19.7. The van der Waals surface area contributed by atoms with E-state index < -0.39 is 0 Å². The number of hydrogen-bond acceptors (Lipinski definition) is 4. The summed E-state index contributed by atoms with van der Waals surface area (Å²) in [6.45, 7) is 7.49. The Balaban J connectivity index is 1.17. The van der Waals surface area contributed by atoms with Gasteiger partial charge < -0.3 is 9.47 Å². The molecule has 3 aliphatic carbocycles. The Hall–Kier alpha value is -3.14. The van der Waals surface area contributed by atoms with E-state index in [0.29, 0.717) is 30.9 Å². The molecule has 0 spiro atoms. The lowest BCUT2D eigenvalue weighted by atomic mass is 9.85. The van der Waals surface area contributed by atoms with Gasteiger partial charge >= 0.3 is 5.97 Å². The quantitative estimate of drug-likeness (QED) is 0.435. The van der Waals surface area contributed by atoms with E-state index in [0.717, 1.165) is 12.8 Å². The van der Waals surface area contributed by atoms with Gasteiger partial charge in [0.15, 0.2) is 0 Å². The van der Waals surface area contributed by atoms with Gasteiger partial charge in [-0.1, -0.05) is 62.4 Å². The Morgan fingerprint density at radius 2 is 1.91 bits per heavy atom. The number of benzene rings is 2. The average Bonchev–Trinajstić information content (AvgIpc) is 3.32. The maximum atomic E-state index is 12.1. The molecule has 0 N–H and O–H groups in total. The molecule has 1 fully saturated rings. The minimum absolute atomic E-state index is 0.0224. The summed E-state index contributed by atoms with van der Waals surface area (Å²) in [4.78, 5) is 16.7. The van der Waals surface area contributed by atoms with Crippen LogP contribution in [0.15, 0.2) is 60.8 Å². The fourth-order valence-corrected chi connectivity index (χ4v) is 6.38. The Kier molecular flexibility index (Phi) is 5.02. The molecule has 4 heteroatoms. The molecule has 3 aromatic rings. The number of nitrogens with zero attached hydrogens (tertiary/aromatic N) is 1. The third kappa shape index (κ3) is 3.51. The first-order chi connectivity index (χ1) is 16.5. The number of pyridine rings is 1. The lowest BCUT2D eigenvalue weighted by molar-refractivity contribution is -0.145. The standard InChI is InChI=1S/C30H31NO3/c1-4-33-29(32)28-22-13-20-14-26(31-16-24(20)27(22)28)34-17-18-10-11-25-21(12-18)23(15-30(25,2)3)19-8-6-5-7-9-19/h5-12,14,16,22-23,27-28H,4,13,15,17H2,1-3H3/t22-,23?,27-,28+/m1/s1. The molecule has 0 saturated heterocycles. The molecule has 1 unspecified atom stereocenters. The highest BCUT2D eigenvalue weighted by atomic mass is 16.5. The zero-order chi connectivity index (χ0) is 23.4. The van der Waals surface area contributed by atoms with Gasteiger partial charge in [0.25, 0.3) is 0 Å². The zero-order valence-corrected chi connectivity index (χ0v) is 20.1. The highest BCUT2D eigenvalue weighted by Gasteiger charge is 2.60. The van der Waals surface area contributed by atoms with Gasteiger partial charge in [-0.2, -0.15) is 0 Å². The van der Waals surface area contributed by atoms with Crippen LogP contribution in [0.25, 0.3) is 0 Å². The van der Waals surface area contributed by atoms with Crippen molar-refractivity contribution in [3.8, 4) is 5.88 Å². The van der Waals surface area contributed by atoms with Crippen LogP contribution in [-0.4, -0.2) is 17.6 Å². The Labute approximate surface area is 201 Å². The molecule has 1 saturated carbocycles. The van der Waals surface area contributed by atoms with Gasteiger partial charge in [0.05, 0.1) is 12.5 Å². The van der Waals surface area contributed by atoms with Gasteiger partial charge in [-0.3, -0.25) is 4.79 Å². The van der Waals surface area contributed by atoms with Crippen molar-refractivity contribution in [1.29, 1.82) is 0 Å². The predicted molar refractivity (Wildman–Crippen MR) is 131 cm³/mol. The second kappa shape index (κ2) is 7.97. The molecule has 2 aromatic carbocycles. The summed E-state index contributed by atoms with van der Waals surface area (Å²) in [6.07, 6.45) is 3.94. The molecule has 3 aliphatic rings. The number of ether oxygens (including phenoxy) is 2. The predicted octanol–water partition coefficient (Wildman–Crippen LogP) is 5.92. The van der Waals surface area contributed by atoms with E-state index in [2.05, 4.69) is 73.4 Å². The summed E-state index contributed by atoms with van der Waals surface area (Å²) in [7, 11) is 0. The van der Waals surface area contributed by atoms with Gasteiger partial charge in [-0.05, 0) is 64.5 Å². The number of carbonyl (C=O) groups is 1. The van der Waals surface area contributed by atoms with Crippen LogP contribution >= 0.6 is 0 Å². The van der Waals surface area contributed by atoms with Crippen molar-refractivity contribution in [1.82, 2.24) is 4.98 Å². The molecule has 1 heterocycles. The van der Waals surface area contributed by atoms with E-state index in [1.54, 1.807) is 0 Å². The summed E-state index contributed by atoms with van der Waals surface area (Å²) in [5, 5.41) is 0. The number of rotatable bonds is 6. The van der Waals surface area contributed by atoms with E-state index in [1.165, 1.54) is 33.4 Å². The van der Waals surface area contributed by atoms with E-state index in [1.807, 2.05) is 13.1 Å². The molecule has 6 rings (SSSR count). The maximum absolute atomic E-state index is 12.1. The minimum atomic E-state index is -0.0583. The first-order valence-corrected chi connectivity index (χ1v) is 12.4. The van der Waals surface area contributed by atoms with Crippen LogP contribution in [0.2, 0.25) is 0 Å². The van der Waals surface area contributed by atoms with Gasteiger partial charge in [0, 0.05) is 24.1 Å². The SMILES string of the molecule is CCOC(=O)[C@H]1[C@@H]2Cc3cc(OCc4ccc5c(c4)C(c4ccccc4)CC5(C)C)ncc3[C@@H]21. The number of carbonyl (C=O) groups excluding carboxylic acids is 1. The van der Waals surface area contributed by atoms with Crippen LogP contribution in [-0.2, 0) is 28.0 Å². The second-order valence-electron chi connectivity index (χ2n) is 10.7. The van der Waals surface area contributed by atoms with Crippen molar-refractivity contribution in [2.45, 2.75) is 57.5 Å². The second-order valence-corrected chi connectivity index (χ2v) is 10.7. The smallest absolute Gasteiger partial charge is 0.309 e. The summed E-state index contributed by atoms with van der Waals surface area (Å²) in [5.74, 6) is 1.70. The van der Waals surface area contributed by atoms with Crippen LogP contribution < -0.4 is 4.74 Å². The number of aromatic nitrogens is 1. The maximum Gasteiger partial charge on any atom is 0.309 e. The fraction of sp³-hybridized carbons (Fsp3) is 0.400. The van der Waals surface area contributed by atoms with Crippen LogP contribution in [0.5, 0.6) is 5.88 Å². The molecule has 34 heavy (non-hydrogen) atoms. The van der Waals surface area contributed by atoms with Crippen molar-refractivity contribution in [3.63, 3.8) is 0 Å². The lowest BCUT2D eigenvalue weighted by Gasteiger charge is -2.19. The number of esters is 1. The third-order valence-electron chi connectivity index (χ3n) is 8.07. The summed E-state index contributed by atoms with van der Waals surface area (Å²) in [5.41, 5.74) is 8.04. The molecule has 174 valence electrons. The fourth-order valence-electron chi connectivity index (χ4n) is 6.38. The van der Waals surface area contributed by atoms with Gasteiger partial charge in [0.2, 0.25) is 5.88 Å². The summed E-state index contributed by atoms with van der Waals surface area (Å²) < 4.78 is 11.4. The van der Waals surface area contributed by atoms with Crippen LogP contribution in [0.4, 0.5) is 0 Å². The Morgan fingerprint density at radius 1 is 1.09 bits per heavy atom. The van der Waals surface area contributed by atoms with E-state index in [9.17, 15) is 4.79 Å².